The Hall–Kier alpha value is -1.09. The zero-order chi connectivity index (χ0) is 10.5. The predicted molar refractivity (Wildman–Crippen MR) is 51.0 cm³/mol. The minimum absolute atomic E-state index is 0.317. The van der Waals surface area contributed by atoms with E-state index in [9.17, 15) is 9.90 Å². The molecule has 1 N–H and O–H groups in total. The number of carbonyl (C=O) groups excluding carboxylic acids is 1. The molecule has 74 valence electrons. The number of ether oxygens (including phenoxy) is 1. The number of esters is 1. The molecule has 0 aromatic carbocycles. The van der Waals surface area contributed by atoms with Gasteiger partial charge in [0, 0.05) is 12.5 Å². The second kappa shape index (κ2) is 4.82. The molecule has 3 nitrogen and oxygen atoms in total. The van der Waals surface area contributed by atoms with Crippen molar-refractivity contribution in [2.75, 3.05) is 0 Å². The topological polar surface area (TPSA) is 46.5 Å². The third-order valence-corrected chi connectivity index (χ3v) is 1.46. The summed E-state index contributed by atoms with van der Waals surface area (Å²) < 4.78 is 4.77. The Morgan fingerprint density at radius 2 is 2.15 bits per heavy atom. The van der Waals surface area contributed by atoms with E-state index in [-0.39, 0.29) is 0 Å². The molecular weight excluding hydrogens is 168 g/mol. The lowest BCUT2D eigenvalue weighted by atomic mass is 10.1. The van der Waals surface area contributed by atoms with Crippen molar-refractivity contribution in [3.05, 3.63) is 24.3 Å². The molecule has 0 radical (unpaired) electrons. The highest BCUT2D eigenvalue weighted by Gasteiger charge is 2.25. The molecule has 0 aromatic rings. The summed E-state index contributed by atoms with van der Waals surface area (Å²) in [5.74, 6) is -2.12. The maximum atomic E-state index is 10.8. The Morgan fingerprint density at radius 1 is 1.62 bits per heavy atom. The van der Waals surface area contributed by atoms with E-state index < -0.39 is 11.8 Å². The lowest BCUT2D eigenvalue weighted by Gasteiger charge is -2.22. The van der Waals surface area contributed by atoms with Gasteiger partial charge in [-0.1, -0.05) is 19.1 Å². The molecule has 1 atom stereocenters. The van der Waals surface area contributed by atoms with Gasteiger partial charge in [0.25, 0.3) is 0 Å². The van der Waals surface area contributed by atoms with Gasteiger partial charge in [-0.3, -0.25) is 0 Å². The average molecular weight is 184 g/mol. The average Bonchev–Trinajstić information content (AvgIpc) is 2.02. The number of hydrogen-bond donors (Lipinski definition) is 1. The zero-order valence-corrected chi connectivity index (χ0v) is 8.33. The Labute approximate surface area is 78.7 Å². The van der Waals surface area contributed by atoms with Gasteiger partial charge in [0.1, 0.15) is 0 Å². The van der Waals surface area contributed by atoms with Crippen LogP contribution < -0.4 is 0 Å². The molecular formula is C10H16O3. The van der Waals surface area contributed by atoms with Crippen molar-refractivity contribution in [2.24, 2.45) is 0 Å². The van der Waals surface area contributed by atoms with Gasteiger partial charge < -0.3 is 9.84 Å². The van der Waals surface area contributed by atoms with Gasteiger partial charge in [0.05, 0.1) is 0 Å². The molecule has 0 bridgehead atoms. The number of rotatable bonds is 4. The van der Waals surface area contributed by atoms with Gasteiger partial charge in [-0.25, -0.2) is 4.79 Å². The van der Waals surface area contributed by atoms with Gasteiger partial charge in [0.2, 0.25) is 5.79 Å². The molecule has 0 saturated carbocycles. The van der Waals surface area contributed by atoms with E-state index in [0.29, 0.717) is 6.42 Å². The first-order valence-corrected chi connectivity index (χ1v) is 4.17. The van der Waals surface area contributed by atoms with Crippen molar-refractivity contribution in [1.29, 1.82) is 0 Å². The molecule has 0 heterocycles. The first-order valence-electron chi connectivity index (χ1n) is 4.17. The summed E-state index contributed by atoms with van der Waals surface area (Å²) in [6.07, 6.45) is 2.85. The van der Waals surface area contributed by atoms with E-state index in [1.807, 2.05) is 13.8 Å². The highest BCUT2D eigenvalue weighted by Crippen LogP contribution is 2.16. The quantitative estimate of drug-likeness (QED) is 0.313. The standard InChI is InChI=1S/C10H16O3/c1-5-9(11)13-10(12,6-2)7-8(3)4/h5,7,12H,1,6H2,2-4H3. The van der Waals surface area contributed by atoms with Crippen molar-refractivity contribution < 1.29 is 14.6 Å². The Bertz CT molecular complexity index is 226. The summed E-state index contributed by atoms with van der Waals surface area (Å²) in [5, 5.41) is 9.72. The summed E-state index contributed by atoms with van der Waals surface area (Å²) >= 11 is 0. The van der Waals surface area contributed by atoms with Crippen molar-refractivity contribution in [3.8, 4) is 0 Å². The highest BCUT2D eigenvalue weighted by atomic mass is 16.7. The molecule has 0 aromatic heterocycles. The molecule has 0 fully saturated rings. The Morgan fingerprint density at radius 3 is 2.46 bits per heavy atom. The minimum Gasteiger partial charge on any atom is -0.426 e. The first-order chi connectivity index (χ1) is 5.93. The van der Waals surface area contributed by atoms with Crippen LogP contribution in [0.2, 0.25) is 0 Å². The van der Waals surface area contributed by atoms with E-state index in [2.05, 4.69) is 6.58 Å². The molecule has 13 heavy (non-hydrogen) atoms. The fourth-order valence-electron chi connectivity index (χ4n) is 0.871. The van der Waals surface area contributed by atoms with Crippen LogP contribution in [0.5, 0.6) is 0 Å². The van der Waals surface area contributed by atoms with Gasteiger partial charge in [-0.15, -0.1) is 0 Å². The van der Waals surface area contributed by atoms with Crippen molar-refractivity contribution in [1.82, 2.24) is 0 Å². The molecule has 0 aliphatic heterocycles. The van der Waals surface area contributed by atoms with E-state index >= 15 is 0 Å². The lowest BCUT2D eigenvalue weighted by Crippen LogP contribution is -2.31. The van der Waals surface area contributed by atoms with E-state index in [1.54, 1.807) is 6.92 Å². The number of carbonyl (C=O) groups is 1. The largest absolute Gasteiger partial charge is 0.426 e. The molecule has 0 saturated heterocycles. The van der Waals surface area contributed by atoms with Crippen LogP contribution in [0.4, 0.5) is 0 Å². The molecule has 1 unspecified atom stereocenters. The van der Waals surface area contributed by atoms with Crippen molar-refractivity contribution in [3.63, 3.8) is 0 Å². The zero-order valence-electron chi connectivity index (χ0n) is 8.33. The summed E-state index contributed by atoms with van der Waals surface area (Å²) in [4.78, 5) is 10.8. The summed E-state index contributed by atoms with van der Waals surface area (Å²) in [6.45, 7) is 8.63. The van der Waals surface area contributed by atoms with E-state index in [0.717, 1.165) is 11.6 Å². The van der Waals surface area contributed by atoms with Crippen LogP contribution in [0.3, 0.4) is 0 Å². The fourth-order valence-corrected chi connectivity index (χ4v) is 0.871. The predicted octanol–water partition coefficient (Wildman–Crippen LogP) is 1.78. The van der Waals surface area contributed by atoms with Crippen LogP contribution in [0.25, 0.3) is 0 Å². The molecule has 3 heteroatoms. The maximum Gasteiger partial charge on any atom is 0.332 e. The Kier molecular flexibility index (Phi) is 4.42. The monoisotopic (exact) mass is 184 g/mol. The second-order valence-electron chi connectivity index (χ2n) is 3.05. The number of allylic oxidation sites excluding steroid dienone is 1. The van der Waals surface area contributed by atoms with Crippen LogP contribution in [0, 0.1) is 0 Å². The molecule has 0 rings (SSSR count). The second-order valence-corrected chi connectivity index (χ2v) is 3.05. The molecule has 0 spiro atoms. The normalized spacial score (nSPS) is 14.2. The van der Waals surface area contributed by atoms with Crippen LogP contribution in [0.15, 0.2) is 24.3 Å². The SMILES string of the molecule is C=CC(=O)OC(O)(C=C(C)C)CC. The van der Waals surface area contributed by atoms with Crippen LogP contribution in [-0.2, 0) is 9.53 Å². The van der Waals surface area contributed by atoms with E-state index in [4.69, 9.17) is 4.74 Å². The van der Waals surface area contributed by atoms with Crippen molar-refractivity contribution in [2.45, 2.75) is 33.0 Å². The highest BCUT2D eigenvalue weighted by molar-refractivity contribution is 5.81. The lowest BCUT2D eigenvalue weighted by molar-refractivity contribution is -0.185. The third-order valence-electron chi connectivity index (χ3n) is 1.46. The summed E-state index contributed by atoms with van der Waals surface area (Å²) in [5.41, 5.74) is 0.890. The number of hydrogen-bond acceptors (Lipinski definition) is 3. The van der Waals surface area contributed by atoms with Gasteiger partial charge >= 0.3 is 5.97 Å². The fraction of sp³-hybridized carbons (Fsp3) is 0.500. The Balaban J connectivity index is 4.54. The maximum absolute atomic E-state index is 10.8. The molecule has 0 aliphatic rings. The smallest absolute Gasteiger partial charge is 0.332 e. The van der Waals surface area contributed by atoms with Gasteiger partial charge in [-0.05, 0) is 19.9 Å². The molecule has 0 aliphatic carbocycles. The minimum atomic E-state index is -1.50. The summed E-state index contributed by atoms with van der Waals surface area (Å²) in [7, 11) is 0. The van der Waals surface area contributed by atoms with Crippen molar-refractivity contribution >= 4 is 5.97 Å². The third kappa shape index (κ3) is 4.48. The van der Waals surface area contributed by atoms with Crippen LogP contribution in [-0.4, -0.2) is 16.9 Å². The summed E-state index contributed by atoms with van der Waals surface area (Å²) in [6, 6.07) is 0. The van der Waals surface area contributed by atoms with E-state index in [1.165, 1.54) is 6.08 Å². The molecule has 0 amide bonds. The van der Waals surface area contributed by atoms with Crippen LogP contribution >= 0.6 is 0 Å². The van der Waals surface area contributed by atoms with Gasteiger partial charge in [0.15, 0.2) is 0 Å². The van der Waals surface area contributed by atoms with Crippen LogP contribution in [0.1, 0.15) is 27.2 Å². The van der Waals surface area contributed by atoms with Gasteiger partial charge in [-0.2, -0.15) is 0 Å². The number of aliphatic hydroxyl groups is 1. The first kappa shape index (κ1) is 11.9.